The first-order valence-corrected chi connectivity index (χ1v) is 7.76. The van der Waals surface area contributed by atoms with E-state index in [0.29, 0.717) is 5.56 Å². The van der Waals surface area contributed by atoms with Gasteiger partial charge in [-0.2, -0.15) is 0 Å². The molecule has 0 aliphatic heterocycles. The Labute approximate surface area is 141 Å². The Morgan fingerprint density at radius 2 is 1.67 bits per heavy atom. The lowest BCUT2D eigenvalue weighted by molar-refractivity contribution is 0.445. The van der Waals surface area contributed by atoms with Crippen LogP contribution < -0.4 is 4.90 Å². The Morgan fingerprint density at radius 3 is 2.25 bits per heavy atom. The molecule has 0 spiro atoms. The smallest absolute Gasteiger partial charge is 0.123 e. The van der Waals surface area contributed by atoms with Gasteiger partial charge in [0.1, 0.15) is 11.5 Å². The largest absolute Gasteiger partial charge is 0.508 e. The molecule has 1 atom stereocenters. The van der Waals surface area contributed by atoms with Crippen LogP contribution >= 0.6 is 0 Å². The minimum absolute atomic E-state index is 0.0407. The molecule has 2 aromatic carbocycles. The van der Waals surface area contributed by atoms with Crippen LogP contribution in [0.3, 0.4) is 0 Å². The van der Waals surface area contributed by atoms with Gasteiger partial charge in [0.05, 0.1) is 11.6 Å². The molecule has 0 saturated carbocycles. The van der Waals surface area contributed by atoms with Gasteiger partial charge in [-0.1, -0.05) is 24.3 Å². The highest BCUT2D eigenvalue weighted by atomic mass is 16.3. The number of aromatic hydroxyl groups is 2. The molecule has 0 bridgehead atoms. The third kappa shape index (κ3) is 3.18. The van der Waals surface area contributed by atoms with Crippen molar-refractivity contribution in [3.63, 3.8) is 0 Å². The zero-order valence-corrected chi connectivity index (χ0v) is 13.7. The molecular formula is C20H20N2O2. The van der Waals surface area contributed by atoms with E-state index in [4.69, 9.17) is 0 Å². The van der Waals surface area contributed by atoms with Crippen LogP contribution in [0.25, 0.3) is 0 Å². The number of phenols is 2. The highest BCUT2D eigenvalue weighted by Gasteiger charge is 2.21. The average Bonchev–Trinajstić information content (AvgIpc) is 2.58. The molecule has 0 fully saturated rings. The van der Waals surface area contributed by atoms with Gasteiger partial charge in [0.25, 0.3) is 0 Å². The van der Waals surface area contributed by atoms with E-state index >= 15 is 0 Å². The highest BCUT2D eigenvalue weighted by molar-refractivity contribution is 5.53. The maximum Gasteiger partial charge on any atom is 0.123 e. The van der Waals surface area contributed by atoms with Gasteiger partial charge in [0.2, 0.25) is 0 Å². The molecule has 2 N–H and O–H groups in total. The molecule has 3 aromatic rings. The summed E-state index contributed by atoms with van der Waals surface area (Å²) in [4.78, 5) is 6.51. The van der Waals surface area contributed by atoms with Crippen molar-refractivity contribution in [1.29, 1.82) is 0 Å². The SMILES string of the molecule is CN(C)c1ccc(C(c2ccccn2)c2ccc(O)cc2O)cc1. The number of nitrogens with zero attached hydrogens (tertiary/aromatic N) is 2. The van der Waals surface area contributed by atoms with Gasteiger partial charge in [-0.3, -0.25) is 4.98 Å². The van der Waals surface area contributed by atoms with Crippen molar-refractivity contribution in [2.45, 2.75) is 5.92 Å². The molecule has 0 aliphatic carbocycles. The zero-order valence-electron chi connectivity index (χ0n) is 13.7. The summed E-state index contributed by atoms with van der Waals surface area (Å²) < 4.78 is 0. The molecule has 24 heavy (non-hydrogen) atoms. The molecule has 3 rings (SSSR count). The van der Waals surface area contributed by atoms with Crippen LogP contribution in [0.4, 0.5) is 5.69 Å². The molecule has 0 radical (unpaired) electrons. The molecule has 0 amide bonds. The van der Waals surface area contributed by atoms with E-state index in [2.05, 4.69) is 4.98 Å². The van der Waals surface area contributed by atoms with Gasteiger partial charge in [0.15, 0.2) is 0 Å². The van der Waals surface area contributed by atoms with Crippen molar-refractivity contribution < 1.29 is 10.2 Å². The Kier molecular flexibility index (Phi) is 4.38. The van der Waals surface area contributed by atoms with Gasteiger partial charge in [-0.25, -0.2) is 0 Å². The second-order valence-corrected chi connectivity index (χ2v) is 5.92. The molecule has 1 heterocycles. The topological polar surface area (TPSA) is 56.6 Å². The van der Waals surface area contributed by atoms with Gasteiger partial charge >= 0.3 is 0 Å². The molecule has 0 aliphatic rings. The first-order valence-electron chi connectivity index (χ1n) is 7.76. The monoisotopic (exact) mass is 320 g/mol. The van der Waals surface area contributed by atoms with E-state index in [-0.39, 0.29) is 17.4 Å². The van der Waals surface area contributed by atoms with Crippen molar-refractivity contribution in [1.82, 2.24) is 4.98 Å². The van der Waals surface area contributed by atoms with Gasteiger partial charge < -0.3 is 15.1 Å². The van der Waals surface area contributed by atoms with E-state index in [1.54, 1.807) is 18.3 Å². The molecule has 4 nitrogen and oxygen atoms in total. The number of rotatable bonds is 4. The predicted molar refractivity (Wildman–Crippen MR) is 95.7 cm³/mol. The maximum atomic E-state index is 10.3. The van der Waals surface area contributed by atoms with Crippen LogP contribution in [0.15, 0.2) is 66.9 Å². The summed E-state index contributed by atoms with van der Waals surface area (Å²) in [5.74, 6) is -0.107. The fraction of sp³-hybridized carbons (Fsp3) is 0.150. The first kappa shape index (κ1) is 15.9. The van der Waals surface area contributed by atoms with Crippen LogP contribution in [-0.2, 0) is 0 Å². The van der Waals surface area contributed by atoms with Crippen molar-refractivity contribution in [3.05, 3.63) is 83.7 Å². The second-order valence-electron chi connectivity index (χ2n) is 5.92. The number of benzene rings is 2. The number of pyridine rings is 1. The maximum absolute atomic E-state index is 10.3. The second kappa shape index (κ2) is 6.62. The Morgan fingerprint density at radius 1 is 0.917 bits per heavy atom. The van der Waals surface area contributed by atoms with Gasteiger partial charge in [0, 0.05) is 37.6 Å². The number of anilines is 1. The van der Waals surface area contributed by atoms with Crippen LogP contribution in [0.1, 0.15) is 22.7 Å². The van der Waals surface area contributed by atoms with Crippen molar-refractivity contribution in [3.8, 4) is 11.5 Å². The molecule has 122 valence electrons. The molecule has 1 unspecified atom stereocenters. The van der Waals surface area contributed by atoms with Gasteiger partial charge in [-0.05, 0) is 35.9 Å². The zero-order chi connectivity index (χ0) is 17.1. The summed E-state index contributed by atoms with van der Waals surface area (Å²) in [7, 11) is 3.99. The molecule has 4 heteroatoms. The fourth-order valence-corrected chi connectivity index (χ4v) is 2.80. The molecule has 0 saturated heterocycles. The third-order valence-electron chi connectivity index (χ3n) is 4.05. The number of aromatic nitrogens is 1. The van der Waals surface area contributed by atoms with Crippen molar-refractivity contribution in [2.75, 3.05) is 19.0 Å². The Balaban J connectivity index is 2.12. The van der Waals surface area contributed by atoms with E-state index in [0.717, 1.165) is 16.9 Å². The molecule has 1 aromatic heterocycles. The van der Waals surface area contributed by atoms with Crippen molar-refractivity contribution >= 4 is 5.69 Å². The summed E-state index contributed by atoms with van der Waals surface area (Å²) >= 11 is 0. The fourth-order valence-electron chi connectivity index (χ4n) is 2.80. The summed E-state index contributed by atoms with van der Waals surface area (Å²) in [5.41, 5.74) is 3.69. The number of hydrogen-bond donors (Lipinski definition) is 2. The Bertz CT molecular complexity index is 815. The van der Waals surface area contributed by atoms with E-state index in [9.17, 15) is 10.2 Å². The average molecular weight is 320 g/mol. The summed E-state index contributed by atoms with van der Waals surface area (Å²) in [6.07, 6.45) is 1.74. The summed E-state index contributed by atoms with van der Waals surface area (Å²) in [6.45, 7) is 0. The normalized spacial score (nSPS) is 11.9. The quantitative estimate of drug-likeness (QED) is 0.769. The van der Waals surface area contributed by atoms with E-state index < -0.39 is 0 Å². The van der Waals surface area contributed by atoms with E-state index in [1.807, 2.05) is 61.5 Å². The van der Waals surface area contributed by atoms with Crippen LogP contribution in [-0.4, -0.2) is 29.3 Å². The van der Waals surface area contributed by atoms with Crippen LogP contribution in [0.5, 0.6) is 11.5 Å². The lowest BCUT2D eigenvalue weighted by atomic mass is 9.87. The molecular weight excluding hydrogens is 300 g/mol. The Hall–Kier alpha value is -3.01. The minimum atomic E-state index is -0.206. The summed E-state index contributed by atoms with van der Waals surface area (Å²) in [5, 5.41) is 19.9. The highest BCUT2D eigenvalue weighted by Crippen LogP contribution is 2.37. The minimum Gasteiger partial charge on any atom is -0.508 e. The lowest BCUT2D eigenvalue weighted by Crippen LogP contribution is -2.09. The number of phenolic OH excluding ortho intramolecular Hbond substituents is 2. The standard InChI is InChI=1S/C20H20N2O2/c1-22(2)15-8-6-14(7-9-15)20(18-5-3-4-12-21-18)17-11-10-16(23)13-19(17)24/h3-13,20,23-24H,1-2H3. The van der Waals surface area contributed by atoms with Gasteiger partial charge in [-0.15, -0.1) is 0 Å². The number of hydrogen-bond acceptors (Lipinski definition) is 4. The van der Waals surface area contributed by atoms with Crippen molar-refractivity contribution in [2.24, 2.45) is 0 Å². The lowest BCUT2D eigenvalue weighted by Gasteiger charge is -2.20. The third-order valence-corrected chi connectivity index (χ3v) is 4.05. The van der Waals surface area contributed by atoms with Crippen LogP contribution in [0.2, 0.25) is 0 Å². The van der Waals surface area contributed by atoms with E-state index in [1.165, 1.54) is 6.07 Å². The van der Waals surface area contributed by atoms with Crippen LogP contribution in [0, 0.1) is 0 Å². The predicted octanol–water partition coefficient (Wildman–Crippen LogP) is 3.74. The first-order chi connectivity index (χ1) is 11.6. The summed E-state index contributed by atoms with van der Waals surface area (Å²) in [6, 6.07) is 18.6.